The van der Waals surface area contributed by atoms with Crippen molar-refractivity contribution in [3.8, 4) is 0 Å². The number of pyridine rings is 1. The van der Waals surface area contributed by atoms with Gasteiger partial charge in [0.25, 0.3) is 0 Å². The number of rotatable bonds is 6. The molecule has 0 atom stereocenters. The highest BCUT2D eigenvalue weighted by Crippen LogP contribution is 2.21. The van der Waals surface area contributed by atoms with E-state index in [-0.39, 0.29) is 0 Å². The maximum atomic E-state index is 11.9. The number of carboxylic acid groups (broad SMARTS) is 1. The first-order valence-electron chi connectivity index (χ1n) is 5.82. The fourth-order valence-corrected chi connectivity index (χ4v) is 2.61. The molecule has 0 bridgehead atoms. The number of hydrogen-bond donors (Lipinski definition) is 1. The minimum absolute atomic E-state index is 0.441. The molecule has 0 saturated carbocycles. The van der Waals surface area contributed by atoms with Gasteiger partial charge in [0.15, 0.2) is 5.78 Å². The molecule has 0 aliphatic rings. The maximum Gasteiger partial charge on any atom is 0.372 e. The summed E-state index contributed by atoms with van der Waals surface area (Å²) in [5.41, 5.74) is 1.79. The van der Waals surface area contributed by atoms with E-state index in [1.54, 1.807) is 17.8 Å². The molecule has 0 amide bonds. The van der Waals surface area contributed by atoms with Crippen molar-refractivity contribution < 1.29 is 19.5 Å². The van der Waals surface area contributed by atoms with Crippen LogP contribution in [-0.2, 0) is 16.0 Å². The first kappa shape index (κ1) is 14.1. The Balaban J connectivity index is 2.14. The Morgan fingerprint density at radius 1 is 1.15 bits per heavy atom. The van der Waals surface area contributed by atoms with E-state index in [2.05, 4.69) is 4.98 Å². The minimum atomic E-state index is -1.58. The highest BCUT2D eigenvalue weighted by molar-refractivity contribution is 7.12. The molecule has 102 valence electrons. The SMILES string of the molecule is O=C(O)C(=O)CC(=O)c1sccc1Cc1ccncc1. The Morgan fingerprint density at radius 3 is 2.50 bits per heavy atom. The van der Waals surface area contributed by atoms with E-state index in [0.717, 1.165) is 11.1 Å². The maximum absolute atomic E-state index is 11.9. The smallest absolute Gasteiger partial charge is 0.372 e. The summed E-state index contributed by atoms with van der Waals surface area (Å²) >= 11 is 1.22. The van der Waals surface area contributed by atoms with Crippen molar-refractivity contribution >= 4 is 28.9 Å². The van der Waals surface area contributed by atoms with Gasteiger partial charge in [-0.15, -0.1) is 11.3 Å². The second-order valence-corrected chi connectivity index (χ2v) is 5.05. The van der Waals surface area contributed by atoms with Crippen molar-refractivity contribution in [2.24, 2.45) is 0 Å². The van der Waals surface area contributed by atoms with E-state index in [4.69, 9.17) is 5.11 Å². The van der Waals surface area contributed by atoms with E-state index >= 15 is 0 Å². The zero-order chi connectivity index (χ0) is 14.5. The third kappa shape index (κ3) is 3.36. The highest BCUT2D eigenvalue weighted by atomic mass is 32.1. The van der Waals surface area contributed by atoms with Crippen molar-refractivity contribution in [2.45, 2.75) is 12.8 Å². The summed E-state index contributed by atoms with van der Waals surface area (Å²) in [5.74, 6) is -3.11. The minimum Gasteiger partial charge on any atom is -0.475 e. The van der Waals surface area contributed by atoms with Crippen LogP contribution >= 0.6 is 11.3 Å². The van der Waals surface area contributed by atoms with Gasteiger partial charge < -0.3 is 5.11 Å². The zero-order valence-electron chi connectivity index (χ0n) is 10.4. The summed E-state index contributed by atoms with van der Waals surface area (Å²) in [6.45, 7) is 0. The van der Waals surface area contributed by atoms with Gasteiger partial charge in [-0.3, -0.25) is 14.6 Å². The monoisotopic (exact) mass is 289 g/mol. The number of aliphatic carboxylic acids is 1. The Bertz CT molecular complexity index is 648. The lowest BCUT2D eigenvalue weighted by molar-refractivity contribution is -0.148. The van der Waals surface area contributed by atoms with Gasteiger partial charge in [0.1, 0.15) is 0 Å². The molecule has 2 aromatic rings. The van der Waals surface area contributed by atoms with E-state index in [1.165, 1.54) is 11.3 Å². The predicted molar refractivity (Wildman–Crippen MR) is 73.0 cm³/mol. The molecule has 2 aromatic heterocycles. The molecule has 0 spiro atoms. The van der Waals surface area contributed by atoms with Crippen LogP contribution in [0.25, 0.3) is 0 Å². The lowest BCUT2D eigenvalue weighted by Crippen LogP contribution is -2.17. The Kier molecular flexibility index (Phi) is 4.37. The van der Waals surface area contributed by atoms with Crippen LogP contribution in [0.4, 0.5) is 0 Å². The second-order valence-electron chi connectivity index (χ2n) is 4.14. The number of carboxylic acids is 1. The van der Waals surface area contributed by atoms with Crippen LogP contribution in [-0.4, -0.2) is 27.6 Å². The molecule has 0 aliphatic heterocycles. The molecule has 5 nitrogen and oxygen atoms in total. The van der Waals surface area contributed by atoms with Crippen LogP contribution in [0.15, 0.2) is 36.0 Å². The first-order chi connectivity index (χ1) is 9.58. The van der Waals surface area contributed by atoms with Gasteiger partial charge in [-0.2, -0.15) is 0 Å². The zero-order valence-corrected chi connectivity index (χ0v) is 11.2. The molecule has 2 heterocycles. The van der Waals surface area contributed by atoms with Gasteiger partial charge in [0.05, 0.1) is 11.3 Å². The molecule has 1 N–H and O–H groups in total. The summed E-state index contributed by atoms with van der Waals surface area (Å²) < 4.78 is 0. The number of carbonyl (C=O) groups excluding carboxylic acids is 2. The van der Waals surface area contributed by atoms with E-state index in [0.29, 0.717) is 11.3 Å². The summed E-state index contributed by atoms with van der Waals surface area (Å²) in [5, 5.41) is 10.3. The average molecular weight is 289 g/mol. The van der Waals surface area contributed by atoms with Crippen molar-refractivity contribution in [3.05, 3.63) is 52.0 Å². The van der Waals surface area contributed by atoms with E-state index < -0.39 is 24.0 Å². The molecule has 2 rings (SSSR count). The number of Topliss-reactive ketones (excluding diaryl/α,β-unsaturated/α-hetero) is 2. The van der Waals surface area contributed by atoms with Crippen molar-refractivity contribution in [2.75, 3.05) is 0 Å². The largest absolute Gasteiger partial charge is 0.475 e. The number of thiophene rings is 1. The van der Waals surface area contributed by atoms with Crippen molar-refractivity contribution in [1.29, 1.82) is 0 Å². The van der Waals surface area contributed by atoms with Crippen LogP contribution in [0.3, 0.4) is 0 Å². The van der Waals surface area contributed by atoms with Gasteiger partial charge in [0, 0.05) is 12.4 Å². The molecular weight excluding hydrogens is 278 g/mol. The van der Waals surface area contributed by atoms with Crippen LogP contribution in [0.1, 0.15) is 27.2 Å². The molecular formula is C14H11NO4S. The van der Waals surface area contributed by atoms with Crippen LogP contribution in [0.2, 0.25) is 0 Å². The van der Waals surface area contributed by atoms with Crippen molar-refractivity contribution in [1.82, 2.24) is 4.98 Å². The number of hydrogen-bond acceptors (Lipinski definition) is 5. The third-order valence-electron chi connectivity index (χ3n) is 2.70. The summed E-state index contributed by atoms with van der Waals surface area (Å²) in [6.07, 6.45) is 3.28. The van der Waals surface area contributed by atoms with E-state index in [9.17, 15) is 14.4 Å². The molecule has 0 radical (unpaired) electrons. The van der Waals surface area contributed by atoms with Crippen LogP contribution in [0, 0.1) is 0 Å². The Labute approximate surface area is 118 Å². The topological polar surface area (TPSA) is 84.3 Å². The number of carbonyl (C=O) groups is 3. The van der Waals surface area contributed by atoms with Gasteiger partial charge in [-0.1, -0.05) is 0 Å². The Morgan fingerprint density at radius 2 is 1.85 bits per heavy atom. The number of aromatic nitrogens is 1. The molecule has 0 aromatic carbocycles. The number of nitrogens with zero attached hydrogens (tertiary/aromatic N) is 1. The van der Waals surface area contributed by atoms with Crippen molar-refractivity contribution in [3.63, 3.8) is 0 Å². The summed E-state index contributed by atoms with van der Waals surface area (Å²) in [6, 6.07) is 5.49. The number of ketones is 2. The molecule has 20 heavy (non-hydrogen) atoms. The average Bonchev–Trinajstić information content (AvgIpc) is 2.88. The van der Waals surface area contributed by atoms with Gasteiger partial charge >= 0.3 is 5.97 Å². The predicted octanol–water partition coefficient (Wildman–Crippen LogP) is 1.96. The summed E-state index contributed by atoms with van der Waals surface area (Å²) in [7, 11) is 0. The van der Waals surface area contributed by atoms with Crippen LogP contribution in [0.5, 0.6) is 0 Å². The Hall–Kier alpha value is -2.34. The standard InChI is InChI=1S/C14H11NO4S/c16-11(8-12(17)14(18)19)13-10(3-6-20-13)7-9-1-4-15-5-2-9/h1-6H,7-8H2,(H,18,19). The lowest BCUT2D eigenvalue weighted by Gasteiger charge is -2.02. The van der Waals surface area contributed by atoms with E-state index in [1.807, 2.05) is 18.2 Å². The van der Waals surface area contributed by atoms with Crippen LogP contribution < -0.4 is 0 Å². The lowest BCUT2D eigenvalue weighted by atomic mass is 10.0. The quantitative estimate of drug-likeness (QED) is 0.499. The van der Waals surface area contributed by atoms with Gasteiger partial charge in [-0.25, -0.2) is 4.79 Å². The fraction of sp³-hybridized carbons (Fsp3) is 0.143. The second kappa shape index (κ2) is 6.21. The highest BCUT2D eigenvalue weighted by Gasteiger charge is 2.20. The molecule has 0 fully saturated rings. The normalized spacial score (nSPS) is 10.2. The first-order valence-corrected chi connectivity index (χ1v) is 6.70. The molecule has 0 saturated heterocycles. The molecule has 0 aliphatic carbocycles. The summed E-state index contributed by atoms with van der Waals surface area (Å²) in [4.78, 5) is 37.9. The third-order valence-corrected chi connectivity index (χ3v) is 3.70. The molecule has 0 unspecified atom stereocenters. The fourth-order valence-electron chi connectivity index (χ4n) is 1.74. The molecule has 6 heteroatoms. The van der Waals surface area contributed by atoms with Gasteiger partial charge in [0.2, 0.25) is 5.78 Å². The van der Waals surface area contributed by atoms with Gasteiger partial charge in [-0.05, 0) is 41.1 Å².